The smallest absolute Gasteiger partial charge is 0.263 e. The molecule has 0 saturated heterocycles. The molecule has 198 valence electrons. The van der Waals surface area contributed by atoms with E-state index in [0.717, 1.165) is 51.9 Å². The number of nitrogens with zero attached hydrogens (tertiary/aromatic N) is 3. The van der Waals surface area contributed by atoms with Crippen LogP contribution in [0.15, 0.2) is 60.9 Å². The SMILES string of the molecule is C=c1[nH]c2c(C(=O)N[C@H]3CCC[C@H]3NC(=O)CNC)sc3nccc(c32)n1-c1ccnc(-c2ccccc2)c1. The number of aromatic nitrogens is 4. The molecule has 5 aromatic rings. The number of thiophene rings is 1. The number of benzene rings is 1. The average Bonchev–Trinajstić information content (AvgIpc) is 3.54. The van der Waals surface area contributed by atoms with Gasteiger partial charge in [-0.15, -0.1) is 11.3 Å². The highest BCUT2D eigenvalue weighted by molar-refractivity contribution is 7.21. The van der Waals surface area contributed by atoms with Gasteiger partial charge in [0.05, 0.1) is 34.3 Å². The normalized spacial score (nSPS) is 17.1. The number of rotatable bonds is 7. The van der Waals surface area contributed by atoms with Crippen LogP contribution in [-0.4, -0.2) is 57.0 Å². The maximum absolute atomic E-state index is 13.6. The number of hydrogen-bond acceptors (Lipinski definition) is 6. The summed E-state index contributed by atoms with van der Waals surface area (Å²) in [6.45, 7) is 4.55. The number of H-pyrrole nitrogens is 1. The van der Waals surface area contributed by atoms with Crippen LogP contribution in [-0.2, 0) is 4.79 Å². The highest BCUT2D eigenvalue weighted by Crippen LogP contribution is 2.34. The standard InChI is InChI=1S/C29H29N7O2S/c1-17-33-26-25-23(36(17)19-11-13-31-22(15-19)18-7-4-3-5-8-18)12-14-32-29(25)39-27(26)28(38)35-21-10-6-9-20(21)34-24(37)16-30-2/h3-5,7-8,11-15,20-21,30,33H,1,6,9-10,16H2,2H3,(H,34,37)(H,35,38)/t20-,21+/m1/s1. The van der Waals surface area contributed by atoms with E-state index in [1.54, 1.807) is 19.4 Å². The second-order valence-corrected chi connectivity index (χ2v) is 10.7. The number of hydrogen-bond donors (Lipinski definition) is 4. The topological polar surface area (TPSA) is 117 Å². The Hall–Kier alpha value is -4.28. The fourth-order valence-electron chi connectivity index (χ4n) is 5.40. The zero-order valence-electron chi connectivity index (χ0n) is 21.5. The Morgan fingerprint density at radius 1 is 1.08 bits per heavy atom. The Bertz CT molecular complexity index is 1740. The summed E-state index contributed by atoms with van der Waals surface area (Å²) in [6, 6.07) is 15.7. The molecular weight excluding hydrogens is 510 g/mol. The van der Waals surface area contributed by atoms with Crippen LogP contribution in [0.2, 0.25) is 0 Å². The van der Waals surface area contributed by atoms with Gasteiger partial charge in [-0.25, -0.2) is 4.98 Å². The van der Waals surface area contributed by atoms with Gasteiger partial charge in [-0.1, -0.05) is 36.9 Å². The molecule has 39 heavy (non-hydrogen) atoms. The van der Waals surface area contributed by atoms with Crippen molar-refractivity contribution in [3.63, 3.8) is 0 Å². The van der Waals surface area contributed by atoms with Gasteiger partial charge in [0.2, 0.25) is 5.91 Å². The fraction of sp³-hybridized carbons (Fsp3) is 0.241. The molecule has 0 spiro atoms. The molecule has 4 heterocycles. The molecule has 6 rings (SSSR count). The Morgan fingerprint density at radius 3 is 2.64 bits per heavy atom. The summed E-state index contributed by atoms with van der Waals surface area (Å²) in [7, 11) is 1.74. The Balaban J connectivity index is 1.37. The van der Waals surface area contributed by atoms with Crippen molar-refractivity contribution >= 4 is 51.0 Å². The van der Waals surface area contributed by atoms with Crippen molar-refractivity contribution in [2.75, 3.05) is 13.6 Å². The summed E-state index contributed by atoms with van der Waals surface area (Å²) in [5, 5.41) is 9.96. The second-order valence-electron chi connectivity index (χ2n) is 9.70. The van der Waals surface area contributed by atoms with Gasteiger partial charge in [-0.3, -0.25) is 19.1 Å². The minimum absolute atomic E-state index is 0.0703. The fourth-order valence-corrected chi connectivity index (χ4v) is 6.42. The van der Waals surface area contributed by atoms with Crippen molar-refractivity contribution < 1.29 is 9.59 Å². The summed E-state index contributed by atoms with van der Waals surface area (Å²) in [5.74, 6) is -0.248. The molecule has 1 fully saturated rings. The predicted octanol–water partition coefficient (Wildman–Crippen LogP) is 3.31. The first-order valence-corrected chi connectivity index (χ1v) is 13.8. The molecule has 4 N–H and O–H groups in total. The van der Waals surface area contributed by atoms with Crippen molar-refractivity contribution in [2.24, 2.45) is 0 Å². The van der Waals surface area contributed by atoms with Gasteiger partial charge < -0.3 is 20.9 Å². The van der Waals surface area contributed by atoms with Gasteiger partial charge in [0.1, 0.15) is 15.2 Å². The van der Waals surface area contributed by atoms with Gasteiger partial charge in [0.15, 0.2) is 0 Å². The molecule has 0 radical (unpaired) electrons. The first kappa shape index (κ1) is 25.0. The molecule has 1 saturated carbocycles. The first-order valence-electron chi connectivity index (χ1n) is 13.0. The van der Waals surface area contributed by atoms with Crippen LogP contribution in [0.1, 0.15) is 28.9 Å². The highest BCUT2D eigenvalue weighted by atomic mass is 32.1. The van der Waals surface area contributed by atoms with Crippen molar-refractivity contribution in [3.05, 3.63) is 71.3 Å². The zero-order valence-corrected chi connectivity index (χ0v) is 22.3. The third-order valence-corrected chi connectivity index (χ3v) is 8.24. The van der Waals surface area contributed by atoms with E-state index in [4.69, 9.17) is 0 Å². The third-order valence-electron chi connectivity index (χ3n) is 7.14. The Morgan fingerprint density at radius 2 is 1.85 bits per heavy atom. The number of amides is 2. The van der Waals surface area contributed by atoms with Crippen LogP contribution in [0.3, 0.4) is 0 Å². The first-order chi connectivity index (χ1) is 19.0. The van der Waals surface area contributed by atoms with Gasteiger partial charge >= 0.3 is 0 Å². The van der Waals surface area contributed by atoms with Crippen LogP contribution in [0.4, 0.5) is 0 Å². The lowest BCUT2D eigenvalue weighted by atomic mass is 10.1. The maximum Gasteiger partial charge on any atom is 0.263 e. The van der Waals surface area contributed by atoms with Crippen LogP contribution in [0.25, 0.3) is 44.8 Å². The molecule has 1 aromatic carbocycles. The molecule has 1 aliphatic rings. The molecule has 4 aromatic heterocycles. The lowest BCUT2D eigenvalue weighted by Gasteiger charge is -2.22. The number of carbonyl (C=O) groups is 2. The van der Waals surface area contributed by atoms with Gasteiger partial charge in [0, 0.05) is 30.0 Å². The van der Waals surface area contributed by atoms with Crippen molar-refractivity contribution in [2.45, 2.75) is 31.3 Å². The average molecular weight is 540 g/mol. The van der Waals surface area contributed by atoms with E-state index >= 15 is 0 Å². The molecule has 2 atom stereocenters. The number of carbonyl (C=O) groups excluding carboxylic acids is 2. The summed E-state index contributed by atoms with van der Waals surface area (Å²) >= 11 is 1.35. The molecule has 10 heteroatoms. The largest absolute Gasteiger partial charge is 0.350 e. The molecule has 2 amide bonds. The van der Waals surface area contributed by atoms with E-state index in [1.165, 1.54) is 11.3 Å². The molecule has 0 bridgehead atoms. The second kappa shape index (κ2) is 10.5. The summed E-state index contributed by atoms with van der Waals surface area (Å²) in [6.07, 6.45) is 6.15. The van der Waals surface area contributed by atoms with Gasteiger partial charge in [0.25, 0.3) is 5.91 Å². The van der Waals surface area contributed by atoms with E-state index < -0.39 is 0 Å². The Kier molecular flexibility index (Phi) is 6.72. The minimum Gasteiger partial charge on any atom is -0.350 e. The van der Waals surface area contributed by atoms with Gasteiger partial charge in [-0.05, 0) is 44.5 Å². The highest BCUT2D eigenvalue weighted by Gasteiger charge is 2.31. The van der Waals surface area contributed by atoms with E-state index in [1.807, 2.05) is 53.1 Å². The van der Waals surface area contributed by atoms with Crippen LogP contribution in [0, 0.1) is 0 Å². The minimum atomic E-state index is -0.178. The number of nitrogens with one attached hydrogen (secondary N) is 4. The van der Waals surface area contributed by atoms with Crippen molar-refractivity contribution in [3.8, 4) is 16.9 Å². The molecule has 9 nitrogen and oxygen atoms in total. The number of likely N-dealkylation sites (N-methyl/N-ethyl adjacent to an activating group) is 1. The monoisotopic (exact) mass is 539 g/mol. The summed E-state index contributed by atoms with van der Waals surface area (Å²) in [5.41, 5.74) is 5.03. The lowest BCUT2D eigenvalue weighted by Crippen LogP contribution is -2.50. The molecular formula is C29H29N7O2S. The van der Waals surface area contributed by atoms with Crippen molar-refractivity contribution in [1.82, 2.24) is 35.5 Å². The summed E-state index contributed by atoms with van der Waals surface area (Å²) in [4.78, 5) is 39.5. The lowest BCUT2D eigenvalue weighted by molar-refractivity contribution is -0.120. The van der Waals surface area contributed by atoms with E-state index in [9.17, 15) is 9.59 Å². The third kappa shape index (κ3) is 4.73. The van der Waals surface area contributed by atoms with E-state index in [0.29, 0.717) is 15.9 Å². The summed E-state index contributed by atoms with van der Waals surface area (Å²) < 4.78 is 2.03. The van der Waals surface area contributed by atoms with E-state index in [-0.39, 0.29) is 30.4 Å². The van der Waals surface area contributed by atoms with Crippen LogP contribution in [0.5, 0.6) is 0 Å². The molecule has 1 aliphatic carbocycles. The Labute approximate surface area is 229 Å². The van der Waals surface area contributed by atoms with Crippen LogP contribution < -0.4 is 21.4 Å². The van der Waals surface area contributed by atoms with Crippen LogP contribution >= 0.6 is 11.3 Å². The quantitative estimate of drug-likeness (QED) is 0.253. The van der Waals surface area contributed by atoms with E-state index in [2.05, 4.69) is 37.5 Å². The number of pyridine rings is 2. The van der Waals surface area contributed by atoms with Crippen molar-refractivity contribution in [1.29, 1.82) is 0 Å². The molecule has 0 aliphatic heterocycles. The predicted molar refractivity (Wildman–Crippen MR) is 155 cm³/mol. The zero-order chi connectivity index (χ0) is 26.9. The molecule has 0 unspecified atom stereocenters. The maximum atomic E-state index is 13.6. The van der Waals surface area contributed by atoms with Gasteiger partial charge in [-0.2, -0.15) is 0 Å². The number of aromatic amines is 1.